The average Bonchev–Trinajstić information content (AvgIpc) is 2.49. The van der Waals surface area contributed by atoms with Gasteiger partial charge in [0.15, 0.2) is 5.03 Å². The second-order valence-corrected chi connectivity index (χ2v) is 4.49. The van der Waals surface area contributed by atoms with Crippen molar-refractivity contribution < 1.29 is 8.42 Å². The minimum absolute atomic E-state index is 0.0726. The molecule has 0 aliphatic rings. The molecule has 0 aromatic carbocycles. The Morgan fingerprint density at radius 1 is 1.62 bits per heavy atom. The van der Waals surface area contributed by atoms with E-state index in [0.717, 1.165) is 6.42 Å². The molecule has 0 fully saturated rings. The zero-order valence-corrected chi connectivity index (χ0v) is 8.50. The van der Waals surface area contributed by atoms with E-state index in [1.54, 1.807) is 11.6 Å². The molecule has 74 valence electrons. The number of rotatable bonds is 4. The van der Waals surface area contributed by atoms with Crippen LogP contribution >= 0.6 is 0 Å². The normalized spacial score (nSPS) is 11.8. The third kappa shape index (κ3) is 2.53. The molecule has 0 atom stereocenters. The van der Waals surface area contributed by atoms with Crippen LogP contribution in [0.25, 0.3) is 0 Å². The summed E-state index contributed by atoms with van der Waals surface area (Å²) in [6, 6.07) is 0. The van der Waals surface area contributed by atoms with Crippen LogP contribution in [0.1, 0.15) is 13.3 Å². The van der Waals surface area contributed by atoms with E-state index in [9.17, 15) is 8.42 Å². The van der Waals surface area contributed by atoms with Crippen molar-refractivity contribution in [2.24, 2.45) is 7.05 Å². The van der Waals surface area contributed by atoms with E-state index in [4.69, 9.17) is 0 Å². The fraction of sp³-hybridized carbons (Fsp3) is 0.571. The van der Waals surface area contributed by atoms with Gasteiger partial charge in [0.05, 0.1) is 6.33 Å². The molecule has 0 amide bonds. The lowest BCUT2D eigenvalue weighted by atomic mass is 10.5. The van der Waals surface area contributed by atoms with Crippen molar-refractivity contribution in [1.82, 2.24) is 14.3 Å². The third-order valence-corrected chi connectivity index (χ3v) is 2.84. The second kappa shape index (κ2) is 3.89. The van der Waals surface area contributed by atoms with Crippen molar-refractivity contribution in [2.45, 2.75) is 18.4 Å². The zero-order valence-electron chi connectivity index (χ0n) is 7.69. The van der Waals surface area contributed by atoms with Gasteiger partial charge in [-0.3, -0.25) is 0 Å². The standard InChI is InChI=1S/C7H13N3O2S/c1-3-4-9-13(11,12)7-5-10(2)6-8-7/h5-6,9H,3-4H2,1-2H3. The lowest BCUT2D eigenvalue weighted by molar-refractivity contribution is 0.577. The van der Waals surface area contributed by atoms with Gasteiger partial charge >= 0.3 is 0 Å². The maximum Gasteiger partial charge on any atom is 0.259 e. The molecule has 13 heavy (non-hydrogen) atoms. The van der Waals surface area contributed by atoms with Crippen molar-refractivity contribution >= 4 is 10.0 Å². The monoisotopic (exact) mass is 203 g/mol. The molecule has 0 aliphatic carbocycles. The van der Waals surface area contributed by atoms with Crippen LogP contribution in [0.4, 0.5) is 0 Å². The molecule has 0 saturated carbocycles. The van der Waals surface area contributed by atoms with Gasteiger partial charge in [0.1, 0.15) is 0 Å². The third-order valence-electron chi connectivity index (χ3n) is 1.50. The first-order valence-corrected chi connectivity index (χ1v) is 5.52. The molecule has 6 heteroatoms. The van der Waals surface area contributed by atoms with Crippen LogP contribution in [0.15, 0.2) is 17.6 Å². The molecule has 0 unspecified atom stereocenters. The van der Waals surface area contributed by atoms with Crippen molar-refractivity contribution in [2.75, 3.05) is 6.54 Å². The molecule has 0 saturated heterocycles. The zero-order chi connectivity index (χ0) is 9.90. The first-order valence-electron chi connectivity index (χ1n) is 4.04. The van der Waals surface area contributed by atoms with Gasteiger partial charge in [0.25, 0.3) is 10.0 Å². The van der Waals surface area contributed by atoms with Gasteiger partial charge in [-0.05, 0) is 6.42 Å². The van der Waals surface area contributed by atoms with Crippen molar-refractivity contribution in [1.29, 1.82) is 0 Å². The molecular weight excluding hydrogens is 190 g/mol. The highest BCUT2D eigenvalue weighted by Crippen LogP contribution is 2.03. The largest absolute Gasteiger partial charge is 0.339 e. The summed E-state index contributed by atoms with van der Waals surface area (Å²) in [5, 5.41) is 0.0726. The van der Waals surface area contributed by atoms with Crippen LogP contribution in [-0.4, -0.2) is 24.5 Å². The number of hydrogen-bond donors (Lipinski definition) is 1. The SMILES string of the molecule is CCCNS(=O)(=O)c1cn(C)cn1. The lowest BCUT2D eigenvalue weighted by Gasteiger charge is -2.00. The molecule has 1 N–H and O–H groups in total. The quantitative estimate of drug-likeness (QED) is 0.755. The smallest absolute Gasteiger partial charge is 0.259 e. The fourth-order valence-electron chi connectivity index (χ4n) is 0.838. The van der Waals surface area contributed by atoms with Gasteiger partial charge in [0, 0.05) is 19.8 Å². The highest BCUT2D eigenvalue weighted by Gasteiger charge is 2.15. The van der Waals surface area contributed by atoms with Crippen LogP contribution in [0.5, 0.6) is 0 Å². The minimum Gasteiger partial charge on any atom is -0.339 e. The summed E-state index contributed by atoms with van der Waals surface area (Å²) in [5.74, 6) is 0. The Morgan fingerprint density at radius 3 is 2.77 bits per heavy atom. The molecular formula is C7H13N3O2S. The van der Waals surface area contributed by atoms with E-state index in [-0.39, 0.29) is 5.03 Å². The summed E-state index contributed by atoms with van der Waals surface area (Å²) in [5.41, 5.74) is 0. The molecule has 0 aliphatic heterocycles. The van der Waals surface area contributed by atoms with Gasteiger partial charge in [-0.15, -0.1) is 0 Å². The van der Waals surface area contributed by atoms with E-state index in [2.05, 4.69) is 9.71 Å². The summed E-state index contributed by atoms with van der Waals surface area (Å²) in [7, 11) is -1.66. The lowest BCUT2D eigenvalue weighted by Crippen LogP contribution is -2.24. The molecule has 1 aromatic heterocycles. The first-order chi connectivity index (χ1) is 6.06. The second-order valence-electron chi connectivity index (χ2n) is 2.78. The van der Waals surface area contributed by atoms with Crippen molar-refractivity contribution in [3.05, 3.63) is 12.5 Å². The molecule has 5 nitrogen and oxygen atoms in total. The number of aryl methyl sites for hydroxylation is 1. The van der Waals surface area contributed by atoms with E-state index in [1.807, 2.05) is 6.92 Å². The van der Waals surface area contributed by atoms with E-state index >= 15 is 0 Å². The number of aromatic nitrogens is 2. The van der Waals surface area contributed by atoms with E-state index in [0.29, 0.717) is 6.54 Å². The van der Waals surface area contributed by atoms with Gasteiger partial charge in [-0.25, -0.2) is 18.1 Å². The number of nitrogens with zero attached hydrogens (tertiary/aromatic N) is 2. The maximum absolute atomic E-state index is 11.4. The van der Waals surface area contributed by atoms with Gasteiger partial charge in [-0.2, -0.15) is 0 Å². The van der Waals surface area contributed by atoms with Gasteiger partial charge < -0.3 is 4.57 Å². The Kier molecular flexibility index (Phi) is 3.05. The van der Waals surface area contributed by atoms with Crippen molar-refractivity contribution in [3.63, 3.8) is 0 Å². The Balaban J connectivity index is 2.82. The van der Waals surface area contributed by atoms with Crippen LogP contribution < -0.4 is 4.72 Å². The number of sulfonamides is 1. The Bertz CT molecular complexity index is 369. The number of imidazole rings is 1. The van der Waals surface area contributed by atoms with Gasteiger partial charge in [0.2, 0.25) is 0 Å². The van der Waals surface area contributed by atoms with Gasteiger partial charge in [-0.1, -0.05) is 6.92 Å². The molecule has 0 bridgehead atoms. The number of hydrogen-bond acceptors (Lipinski definition) is 3. The highest BCUT2D eigenvalue weighted by molar-refractivity contribution is 7.89. The number of nitrogens with one attached hydrogen (secondary N) is 1. The van der Waals surface area contributed by atoms with E-state index < -0.39 is 10.0 Å². The minimum atomic E-state index is -3.38. The predicted octanol–water partition coefficient (Wildman–Crippen LogP) is 0.108. The van der Waals surface area contributed by atoms with Crippen LogP contribution in [0.3, 0.4) is 0 Å². The topological polar surface area (TPSA) is 64.0 Å². The molecule has 1 rings (SSSR count). The molecule has 0 radical (unpaired) electrons. The first kappa shape index (κ1) is 10.2. The highest BCUT2D eigenvalue weighted by atomic mass is 32.2. The Labute approximate surface area is 77.8 Å². The predicted molar refractivity (Wildman–Crippen MR) is 48.7 cm³/mol. The summed E-state index contributed by atoms with van der Waals surface area (Å²) in [4.78, 5) is 3.75. The maximum atomic E-state index is 11.4. The summed E-state index contributed by atoms with van der Waals surface area (Å²) >= 11 is 0. The Hall–Kier alpha value is -0.880. The van der Waals surface area contributed by atoms with E-state index in [1.165, 1.54) is 12.5 Å². The summed E-state index contributed by atoms with van der Waals surface area (Å²) in [6.07, 6.45) is 3.70. The summed E-state index contributed by atoms with van der Waals surface area (Å²) < 4.78 is 26.9. The molecule has 1 heterocycles. The average molecular weight is 203 g/mol. The van der Waals surface area contributed by atoms with Crippen LogP contribution in [-0.2, 0) is 17.1 Å². The van der Waals surface area contributed by atoms with Crippen LogP contribution in [0.2, 0.25) is 0 Å². The molecule has 1 aromatic rings. The summed E-state index contributed by atoms with van der Waals surface area (Å²) in [6.45, 7) is 2.35. The Morgan fingerprint density at radius 2 is 2.31 bits per heavy atom. The van der Waals surface area contributed by atoms with Crippen LogP contribution in [0, 0.1) is 0 Å². The fourth-order valence-corrected chi connectivity index (χ4v) is 1.95. The molecule has 0 spiro atoms. The van der Waals surface area contributed by atoms with Crippen molar-refractivity contribution in [3.8, 4) is 0 Å².